The van der Waals surface area contributed by atoms with E-state index in [-0.39, 0.29) is 11.4 Å². The lowest BCUT2D eigenvalue weighted by atomic mass is 9.68. The van der Waals surface area contributed by atoms with Crippen molar-refractivity contribution in [3.63, 3.8) is 0 Å². The van der Waals surface area contributed by atoms with Gasteiger partial charge in [-0.15, -0.1) is 0 Å². The average molecular weight is 251 g/mol. The van der Waals surface area contributed by atoms with Crippen molar-refractivity contribution in [1.29, 1.82) is 0 Å². The van der Waals surface area contributed by atoms with E-state index in [0.717, 1.165) is 12.8 Å². The van der Waals surface area contributed by atoms with Crippen molar-refractivity contribution in [2.24, 2.45) is 16.8 Å². The fraction of sp³-hybridized carbons (Fsp3) is 0.857. The number of carbonyl (C=O) groups excluding carboxylic acids is 1. The molecule has 4 nitrogen and oxygen atoms in total. The molecule has 1 spiro atoms. The lowest BCUT2D eigenvalue weighted by Crippen LogP contribution is -2.50. The molecule has 0 aromatic rings. The van der Waals surface area contributed by atoms with Crippen LogP contribution < -0.4 is 10.6 Å². The van der Waals surface area contributed by atoms with Crippen molar-refractivity contribution in [2.75, 3.05) is 0 Å². The number of nitrogens with zero attached hydrogens (tertiary/aromatic N) is 1. The van der Waals surface area contributed by atoms with Gasteiger partial charge in [-0.1, -0.05) is 26.7 Å². The summed E-state index contributed by atoms with van der Waals surface area (Å²) in [5.41, 5.74) is -0.605. The van der Waals surface area contributed by atoms with Crippen molar-refractivity contribution < 1.29 is 4.79 Å². The molecule has 2 aliphatic rings. The zero-order valence-electron chi connectivity index (χ0n) is 12.1. The summed E-state index contributed by atoms with van der Waals surface area (Å²) in [7, 11) is 0. The molecule has 2 rings (SSSR count). The van der Waals surface area contributed by atoms with Crippen LogP contribution in [0.1, 0.15) is 53.9 Å². The quantitative estimate of drug-likeness (QED) is 0.692. The van der Waals surface area contributed by atoms with Crippen LogP contribution in [0.3, 0.4) is 0 Å². The summed E-state index contributed by atoms with van der Waals surface area (Å²) in [5, 5.41) is 6.20. The van der Waals surface area contributed by atoms with Gasteiger partial charge in [0, 0.05) is 5.54 Å². The molecule has 1 saturated carbocycles. The first kappa shape index (κ1) is 13.4. The van der Waals surface area contributed by atoms with Gasteiger partial charge >= 0.3 is 0 Å². The lowest BCUT2D eigenvalue weighted by molar-refractivity contribution is -0.127. The molecule has 102 valence electrons. The third-order valence-electron chi connectivity index (χ3n) is 4.25. The van der Waals surface area contributed by atoms with Crippen LogP contribution in [0.25, 0.3) is 0 Å². The number of hydrogen-bond donors (Lipinski definition) is 2. The van der Waals surface area contributed by atoms with E-state index in [1.54, 1.807) is 0 Å². The molecule has 1 heterocycles. The first-order valence-corrected chi connectivity index (χ1v) is 6.94. The van der Waals surface area contributed by atoms with Crippen molar-refractivity contribution in [2.45, 2.75) is 65.0 Å². The lowest BCUT2D eigenvalue weighted by Gasteiger charge is -2.38. The standard InChI is InChI=1S/C14H25N3O/c1-9-7-6-8-14(10(9)2)11(18)15-12(17-14)16-13(3,4)5/h9-10H,6-8H2,1-5H3,(H2,15,16,17,18). The number of nitrogens with one attached hydrogen (secondary N) is 2. The second-order valence-electron chi connectivity index (χ2n) is 6.87. The summed E-state index contributed by atoms with van der Waals surface area (Å²) in [6.07, 6.45) is 3.17. The Bertz CT molecular complexity index is 383. The van der Waals surface area contributed by atoms with Gasteiger partial charge in [0.2, 0.25) is 0 Å². The van der Waals surface area contributed by atoms with E-state index < -0.39 is 5.54 Å². The third kappa shape index (κ3) is 2.25. The van der Waals surface area contributed by atoms with E-state index >= 15 is 0 Å². The van der Waals surface area contributed by atoms with Crippen LogP contribution in [-0.4, -0.2) is 22.9 Å². The molecule has 1 aliphatic carbocycles. The van der Waals surface area contributed by atoms with E-state index in [1.807, 2.05) is 0 Å². The van der Waals surface area contributed by atoms with Gasteiger partial charge < -0.3 is 5.32 Å². The van der Waals surface area contributed by atoms with Crippen molar-refractivity contribution in [3.05, 3.63) is 0 Å². The highest BCUT2D eigenvalue weighted by molar-refractivity contribution is 6.07. The van der Waals surface area contributed by atoms with E-state index in [0.29, 0.717) is 17.8 Å². The van der Waals surface area contributed by atoms with Gasteiger partial charge in [-0.3, -0.25) is 10.1 Å². The fourth-order valence-corrected chi connectivity index (χ4v) is 3.03. The van der Waals surface area contributed by atoms with Crippen LogP contribution in [-0.2, 0) is 4.79 Å². The van der Waals surface area contributed by atoms with Gasteiger partial charge in [0.15, 0.2) is 5.96 Å². The van der Waals surface area contributed by atoms with Gasteiger partial charge in [0.1, 0.15) is 5.54 Å². The summed E-state index contributed by atoms with van der Waals surface area (Å²) in [6.45, 7) is 10.6. The molecule has 18 heavy (non-hydrogen) atoms. The summed E-state index contributed by atoms with van der Waals surface area (Å²) in [5.74, 6) is 1.59. The largest absolute Gasteiger partial charge is 0.351 e. The molecule has 0 saturated heterocycles. The zero-order chi connectivity index (χ0) is 13.6. The Morgan fingerprint density at radius 1 is 1.39 bits per heavy atom. The number of aliphatic imine (C=N–C) groups is 1. The molecule has 0 aromatic carbocycles. The molecule has 1 fully saturated rings. The zero-order valence-corrected chi connectivity index (χ0v) is 12.1. The highest BCUT2D eigenvalue weighted by atomic mass is 16.2. The molecule has 1 aliphatic heterocycles. The summed E-state index contributed by atoms with van der Waals surface area (Å²) < 4.78 is 0. The van der Waals surface area contributed by atoms with Gasteiger partial charge in [0.25, 0.3) is 5.91 Å². The maximum atomic E-state index is 12.3. The molecule has 0 aromatic heterocycles. The Morgan fingerprint density at radius 3 is 2.67 bits per heavy atom. The normalized spacial score (nSPS) is 36.5. The highest BCUT2D eigenvalue weighted by Gasteiger charge is 2.51. The van der Waals surface area contributed by atoms with Crippen molar-refractivity contribution in [1.82, 2.24) is 10.6 Å². The molecule has 0 bridgehead atoms. The van der Waals surface area contributed by atoms with Crippen molar-refractivity contribution in [3.8, 4) is 0 Å². The Balaban J connectivity index is 2.24. The number of rotatable bonds is 0. The molecular weight excluding hydrogens is 226 g/mol. The second kappa shape index (κ2) is 4.25. The average Bonchev–Trinajstić information content (AvgIpc) is 2.50. The Kier molecular flexibility index (Phi) is 3.16. The molecular formula is C14H25N3O. The predicted octanol–water partition coefficient (Wildman–Crippen LogP) is 2.06. The van der Waals surface area contributed by atoms with Gasteiger partial charge in [-0.2, -0.15) is 0 Å². The highest BCUT2D eigenvalue weighted by Crippen LogP contribution is 2.42. The second-order valence-corrected chi connectivity index (χ2v) is 6.87. The Labute approximate surface area is 110 Å². The molecule has 0 radical (unpaired) electrons. The Morgan fingerprint density at radius 2 is 2.06 bits per heavy atom. The molecule has 4 heteroatoms. The summed E-state index contributed by atoms with van der Waals surface area (Å²) >= 11 is 0. The van der Waals surface area contributed by atoms with Crippen LogP contribution in [0.4, 0.5) is 0 Å². The van der Waals surface area contributed by atoms with Crippen LogP contribution in [0, 0.1) is 11.8 Å². The van der Waals surface area contributed by atoms with Crippen LogP contribution >= 0.6 is 0 Å². The third-order valence-corrected chi connectivity index (χ3v) is 4.25. The van der Waals surface area contributed by atoms with E-state index in [4.69, 9.17) is 4.99 Å². The monoisotopic (exact) mass is 251 g/mol. The molecule has 2 N–H and O–H groups in total. The smallest absolute Gasteiger partial charge is 0.255 e. The maximum absolute atomic E-state index is 12.3. The summed E-state index contributed by atoms with van der Waals surface area (Å²) in [6, 6.07) is 0. The SMILES string of the molecule is CC1CCCC2(N=C(NC(C)(C)C)NC2=O)C1C. The Hall–Kier alpha value is -1.06. The van der Waals surface area contributed by atoms with Crippen molar-refractivity contribution >= 4 is 11.9 Å². The first-order chi connectivity index (χ1) is 8.24. The first-order valence-electron chi connectivity index (χ1n) is 6.94. The van der Waals surface area contributed by atoms with E-state index in [9.17, 15) is 4.79 Å². The molecule has 3 atom stereocenters. The van der Waals surface area contributed by atoms with E-state index in [1.165, 1.54) is 6.42 Å². The van der Waals surface area contributed by atoms with Gasteiger partial charge in [-0.25, -0.2) is 4.99 Å². The fourth-order valence-electron chi connectivity index (χ4n) is 3.03. The number of amides is 1. The van der Waals surface area contributed by atoms with Crippen LogP contribution in [0.5, 0.6) is 0 Å². The number of carbonyl (C=O) groups is 1. The van der Waals surface area contributed by atoms with Gasteiger partial charge in [0.05, 0.1) is 0 Å². The minimum absolute atomic E-state index is 0.0771. The van der Waals surface area contributed by atoms with Gasteiger partial charge in [-0.05, 0) is 39.0 Å². The maximum Gasteiger partial charge on any atom is 0.255 e. The minimum Gasteiger partial charge on any atom is -0.351 e. The van der Waals surface area contributed by atoms with Crippen LogP contribution in [0.2, 0.25) is 0 Å². The summed E-state index contributed by atoms with van der Waals surface area (Å²) in [4.78, 5) is 17.1. The van der Waals surface area contributed by atoms with Crippen LogP contribution in [0.15, 0.2) is 4.99 Å². The number of guanidine groups is 1. The number of hydrogen-bond acceptors (Lipinski definition) is 3. The predicted molar refractivity (Wildman–Crippen MR) is 73.4 cm³/mol. The molecule has 3 unspecified atom stereocenters. The van der Waals surface area contributed by atoms with E-state index in [2.05, 4.69) is 45.3 Å². The topological polar surface area (TPSA) is 53.5 Å². The molecule has 1 amide bonds. The minimum atomic E-state index is -0.523.